The summed E-state index contributed by atoms with van der Waals surface area (Å²) in [4.78, 5) is 9.40. The van der Waals surface area contributed by atoms with Gasteiger partial charge < -0.3 is 5.32 Å². The zero-order valence-corrected chi connectivity index (χ0v) is 13.2. The Kier molecular flexibility index (Phi) is 4.01. The van der Waals surface area contributed by atoms with Crippen molar-refractivity contribution >= 4 is 21.7 Å². The minimum atomic E-state index is 0.555. The number of hydrogen-bond donors (Lipinski definition) is 1. The Bertz CT molecular complexity index is 608. The van der Waals surface area contributed by atoms with Crippen LogP contribution in [0.2, 0.25) is 0 Å². The molecule has 3 rings (SSSR count). The number of aromatic nitrogens is 2. The van der Waals surface area contributed by atoms with Crippen LogP contribution < -0.4 is 5.32 Å². The molecule has 0 atom stereocenters. The van der Waals surface area contributed by atoms with Gasteiger partial charge in [0.1, 0.15) is 11.6 Å². The number of rotatable bonds is 5. The van der Waals surface area contributed by atoms with Crippen LogP contribution in [-0.2, 0) is 0 Å². The van der Waals surface area contributed by atoms with Crippen LogP contribution >= 0.6 is 15.9 Å². The van der Waals surface area contributed by atoms with Crippen molar-refractivity contribution in [1.29, 1.82) is 0 Å². The van der Waals surface area contributed by atoms with Gasteiger partial charge in [-0.1, -0.05) is 41.1 Å². The third-order valence-corrected chi connectivity index (χ3v) is 4.08. The lowest BCUT2D eigenvalue weighted by molar-refractivity contribution is 0.911. The fraction of sp³-hybridized carbons (Fsp3) is 0.375. The molecule has 20 heavy (non-hydrogen) atoms. The van der Waals surface area contributed by atoms with Crippen LogP contribution in [0.5, 0.6) is 0 Å². The van der Waals surface area contributed by atoms with E-state index in [1.54, 1.807) is 0 Å². The molecule has 4 heteroatoms. The first kappa shape index (κ1) is 13.6. The van der Waals surface area contributed by atoms with Gasteiger partial charge in [-0.05, 0) is 25.3 Å². The largest absolute Gasteiger partial charge is 0.370 e. The van der Waals surface area contributed by atoms with Crippen molar-refractivity contribution in [3.8, 4) is 11.3 Å². The number of halogens is 1. The van der Waals surface area contributed by atoms with E-state index in [1.807, 2.05) is 24.3 Å². The molecule has 104 valence electrons. The van der Waals surface area contributed by atoms with Crippen molar-refractivity contribution < 1.29 is 0 Å². The topological polar surface area (TPSA) is 37.8 Å². The van der Waals surface area contributed by atoms with Gasteiger partial charge in [0, 0.05) is 28.6 Å². The van der Waals surface area contributed by atoms with Crippen LogP contribution in [0.15, 0.2) is 34.8 Å². The monoisotopic (exact) mass is 331 g/mol. The van der Waals surface area contributed by atoms with E-state index < -0.39 is 0 Å². The average Bonchev–Trinajstić information content (AvgIpc) is 3.30. The standard InChI is InChI=1S/C16H18BrN3/c1-2-9-18-15-10-14(12-5-3-4-6-13(12)17)19-16(20-15)11-7-8-11/h3-6,10-11H,2,7-9H2,1H3,(H,18,19,20). The molecule has 1 saturated carbocycles. The highest BCUT2D eigenvalue weighted by Gasteiger charge is 2.27. The number of hydrogen-bond acceptors (Lipinski definition) is 3. The fourth-order valence-electron chi connectivity index (χ4n) is 2.14. The quantitative estimate of drug-likeness (QED) is 0.869. The van der Waals surface area contributed by atoms with Crippen LogP contribution in [0.4, 0.5) is 5.82 Å². The maximum Gasteiger partial charge on any atom is 0.134 e. The first-order valence-electron chi connectivity index (χ1n) is 7.15. The number of nitrogens with zero attached hydrogens (tertiary/aromatic N) is 2. The molecule has 0 aliphatic heterocycles. The summed E-state index contributed by atoms with van der Waals surface area (Å²) in [5.41, 5.74) is 2.12. The third kappa shape index (κ3) is 3.01. The molecule has 0 saturated heterocycles. The van der Waals surface area contributed by atoms with Crippen LogP contribution in [-0.4, -0.2) is 16.5 Å². The van der Waals surface area contributed by atoms with Gasteiger partial charge >= 0.3 is 0 Å². The summed E-state index contributed by atoms with van der Waals surface area (Å²) in [6.45, 7) is 3.10. The molecule has 0 unspecified atom stereocenters. The Hall–Kier alpha value is -1.42. The lowest BCUT2D eigenvalue weighted by Crippen LogP contribution is -2.05. The summed E-state index contributed by atoms with van der Waals surface area (Å²) in [5, 5.41) is 3.38. The maximum atomic E-state index is 4.75. The molecule has 2 aromatic rings. The van der Waals surface area contributed by atoms with Gasteiger partial charge in [0.25, 0.3) is 0 Å². The van der Waals surface area contributed by atoms with Gasteiger partial charge in [-0.15, -0.1) is 0 Å². The van der Waals surface area contributed by atoms with Crippen LogP contribution in [0, 0.1) is 0 Å². The SMILES string of the molecule is CCCNc1cc(-c2ccccc2Br)nc(C2CC2)n1. The molecule has 3 nitrogen and oxygen atoms in total. The molecule has 1 fully saturated rings. The molecule has 1 heterocycles. The second-order valence-electron chi connectivity index (χ2n) is 5.18. The van der Waals surface area contributed by atoms with E-state index in [4.69, 9.17) is 4.98 Å². The summed E-state index contributed by atoms with van der Waals surface area (Å²) >= 11 is 3.61. The Balaban J connectivity index is 2.00. The molecule has 1 aliphatic rings. The van der Waals surface area contributed by atoms with Crippen LogP contribution in [0.1, 0.15) is 37.9 Å². The molecular weight excluding hydrogens is 314 g/mol. The van der Waals surface area contributed by atoms with E-state index in [0.29, 0.717) is 5.92 Å². The van der Waals surface area contributed by atoms with Crippen molar-refractivity contribution in [2.24, 2.45) is 0 Å². The predicted molar refractivity (Wildman–Crippen MR) is 85.9 cm³/mol. The van der Waals surface area contributed by atoms with E-state index in [2.05, 4.69) is 39.2 Å². The number of anilines is 1. The van der Waals surface area contributed by atoms with E-state index in [1.165, 1.54) is 12.8 Å². The summed E-state index contributed by atoms with van der Waals surface area (Å²) in [6.07, 6.45) is 3.52. The summed E-state index contributed by atoms with van der Waals surface area (Å²) in [5.74, 6) is 2.48. The highest BCUT2D eigenvalue weighted by atomic mass is 79.9. The van der Waals surface area contributed by atoms with Gasteiger partial charge in [-0.25, -0.2) is 9.97 Å². The van der Waals surface area contributed by atoms with Crippen molar-refractivity contribution in [2.75, 3.05) is 11.9 Å². The lowest BCUT2D eigenvalue weighted by Gasteiger charge is -2.10. The minimum Gasteiger partial charge on any atom is -0.370 e. The maximum absolute atomic E-state index is 4.75. The van der Waals surface area contributed by atoms with Crippen LogP contribution in [0.3, 0.4) is 0 Å². The van der Waals surface area contributed by atoms with Crippen LogP contribution in [0.25, 0.3) is 11.3 Å². The number of nitrogens with one attached hydrogen (secondary N) is 1. The molecule has 1 aromatic carbocycles. The molecule has 0 spiro atoms. The second kappa shape index (κ2) is 5.92. The molecule has 0 amide bonds. The molecule has 1 aliphatic carbocycles. The van der Waals surface area contributed by atoms with Gasteiger partial charge in [-0.3, -0.25) is 0 Å². The van der Waals surface area contributed by atoms with E-state index >= 15 is 0 Å². The summed E-state index contributed by atoms with van der Waals surface area (Å²) in [6, 6.07) is 10.2. The highest BCUT2D eigenvalue weighted by molar-refractivity contribution is 9.10. The average molecular weight is 332 g/mol. The van der Waals surface area contributed by atoms with Gasteiger partial charge in [0.05, 0.1) is 5.69 Å². The Morgan fingerprint density at radius 2 is 2.05 bits per heavy atom. The zero-order chi connectivity index (χ0) is 13.9. The van der Waals surface area contributed by atoms with Crippen molar-refractivity contribution in [1.82, 2.24) is 9.97 Å². The number of benzene rings is 1. The van der Waals surface area contributed by atoms with Crippen molar-refractivity contribution in [3.05, 3.63) is 40.6 Å². The Labute approximate surface area is 128 Å². The molecule has 0 bridgehead atoms. The molecule has 1 aromatic heterocycles. The predicted octanol–water partition coefficient (Wildman–Crippen LogP) is 4.61. The normalized spacial score (nSPS) is 14.3. The Morgan fingerprint density at radius 1 is 1.25 bits per heavy atom. The Morgan fingerprint density at radius 3 is 2.75 bits per heavy atom. The van der Waals surface area contributed by atoms with E-state index in [-0.39, 0.29) is 0 Å². The minimum absolute atomic E-state index is 0.555. The summed E-state index contributed by atoms with van der Waals surface area (Å²) in [7, 11) is 0. The highest BCUT2D eigenvalue weighted by Crippen LogP contribution is 2.39. The summed E-state index contributed by atoms with van der Waals surface area (Å²) < 4.78 is 1.07. The first-order valence-corrected chi connectivity index (χ1v) is 7.95. The first-order chi connectivity index (χ1) is 9.78. The molecular formula is C16H18BrN3. The lowest BCUT2D eigenvalue weighted by atomic mass is 10.1. The second-order valence-corrected chi connectivity index (χ2v) is 6.03. The van der Waals surface area contributed by atoms with Gasteiger partial charge in [0.15, 0.2) is 0 Å². The van der Waals surface area contributed by atoms with E-state index in [9.17, 15) is 0 Å². The zero-order valence-electron chi connectivity index (χ0n) is 11.6. The van der Waals surface area contributed by atoms with Gasteiger partial charge in [-0.2, -0.15) is 0 Å². The van der Waals surface area contributed by atoms with E-state index in [0.717, 1.165) is 40.3 Å². The third-order valence-electron chi connectivity index (χ3n) is 3.39. The van der Waals surface area contributed by atoms with Gasteiger partial charge in [0.2, 0.25) is 0 Å². The smallest absolute Gasteiger partial charge is 0.134 e. The fourth-order valence-corrected chi connectivity index (χ4v) is 2.63. The van der Waals surface area contributed by atoms with Crippen molar-refractivity contribution in [3.63, 3.8) is 0 Å². The molecule has 1 N–H and O–H groups in total. The molecule has 0 radical (unpaired) electrons. The van der Waals surface area contributed by atoms with Crippen molar-refractivity contribution in [2.45, 2.75) is 32.1 Å².